The molecule has 1 fully saturated rings. The zero-order valence-corrected chi connectivity index (χ0v) is 12.2. The van der Waals surface area contributed by atoms with Gasteiger partial charge in [0.05, 0.1) is 23.7 Å². The summed E-state index contributed by atoms with van der Waals surface area (Å²) in [4.78, 5) is 4.39. The molecule has 1 aromatic rings. The molecule has 0 saturated carbocycles. The summed E-state index contributed by atoms with van der Waals surface area (Å²) in [6, 6.07) is 8.71. The van der Waals surface area contributed by atoms with E-state index in [-0.39, 0.29) is 11.9 Å². The van der Waals surface area contributed by atoms with Crippen LogP contribution in [0.4, 0.5) is 4.39 Å². The molecule has 4 nitrogen and oxygen atoms in total. The van der Waals surface area contributed by atoms with Crippen LogP contribution in [0.2, 0.25) is 0 Å². The van der Waals surface area contributed by atoms with Crippen molar-refractivity contribution in [1.29, 1.82) is 10.5 Å². The highest BCUT2D eigenvalue weighted by Gasteiger charge is 2.22. The van der Waals surface area contributed by atoms with Gasteiger partial charge in [0.15, 0.2) is 0 Å². The number of hydrogen-bond acceptors (Lipinski definition) is 4. The van der Waals surface area contributed by atoms with Gasteiger partial charge in [-0.25, -0.2) is 4.39 Å². The highest BCUT2D eigenvalue weighted by Crippen LogP contribution is 2.16. The number of rotatable bonds is 4. The minimum atomic E-state index is -0.307. The molecule has 110 valence electrons. The van der Waals surface area contributed by atoms with Crippen LogP contribution in [0.15, 0.2) is 18.2 Å². The Bertz CT molecular complexity index is 565. The minimum Gasteiger partial charge on any atom is -0.296 e. The highest BCUT2D eigenvalue weighted by atomic mass is 19.1. The number of halogens is 1. The second-order valence-electron chi connectivity index (χ2n) is 5.28. The number of piperazine rings is 1. The Morgan fingerprint density at radius 1 is 1.24 bits per heavy atom. The number of benzene rings is 1. The first-order valence-corrected chi connectivity index (χ1v) is 7.22. The lowest BCUT2D eigenvalue weighted by Crippen LogP contribution is -2.49. The van der Waals surface area contributed by atoms with Gasteiger partial charge in [0.25, 0.3) is 0 Å². The minimum absolute atomic E-state index is 0.0176. The van der Waals surface area contributed by atoms with Crippen LogP contribution < -0.4 is 0 Å². The Labute approximate surface area is 125 Å². The lowest BCUT2D eigenvalue weighted by molar-refractivity contribution is 0.108. The van der Waals surface area contributed by atoms with Crippen molar-refractivity contribution in [1.82, 2.24) is 9.80 Å². The summed E-state index contributed by atoms with van der Waals surface area (Å²) in [5.74, 6) is -0.307. The zero-order valence-electron chi connectivity index (χ0n) is 12.2. The molecule has 5 heteroatoms. The lowest BCUT2D eigenvalue weighted by Gasteiger charge is -2.36. The van der Waals surface area contributed by atoms with Crippen LogP contribution >= 0.6 is 0 Å². The number of hydrogen-bond donors (Lipinski definition) is 0. The summed E-state index contributed by atoms with van der Waals surface area (Å²) >= 11 is 0. The zero-order chi connectivity index (χ0) is 15.2. The third kappa shape index (κ3) is 3.78. The summed E-state index contributed by atoms with van der Waals surface area (Å²) in [6.07, 6.45) is 0.832. The van der Waals surface area contributed by atoms with Crippen LogP contribution in [0.25, 0.3) is 0 Å². The quantitative estimate of drug-likeness (QED) is 0.850. The Kier molecular flexibility index (Phi) is 5.27. The Morgan fingerprint density at radius 2 is 1.95 bits per heavy atom. The van der Waals surface area contributed by atoms with Crippen molar-refractivity contribution in [3.8, 4) is 12.1 Å². The summed E-state index contributed by atoms with van der Waals surface area (Å²) in [7, 11) is 0. The molecule has 1 saturated heterocycles. The fourth-order valence-electron chi connectivity index (χ4n) is 2.71. The molecule has 1 aliphatic rings. The van der Waals surface area contributed by atoms with Crippen molar-refractivity contribution in [2.45, 2.75) is 25.9 Å². The van der Waals surface area contributed by atoms with Crippen molar-refractivity contribution >= 4 is 0 Å². The molecular weight excluding hydrogens is 267 g/mol. The first-order chi connectivity index (χ1) is 10.2. The molecule has 0 radical (unpaired) electrons. The second kappa shape index (κ2) is 7.17. The van der Waals surface area contributed by atoms with E-state index in [1.807, 2.05) is 6.92 Å². The molecule has 0 N–H and O–H groups in total. The van der Waals surface area contributed by atoms with E-state index >= 15 is 0 Å². The van der Waals surface area contributed by atoms with E-state index in [0.29, 0.717) is 12.1 Å². The topological polar surface area (TPSA) is 54.1 Å². The summed E-state index contributed by atoms with van der Waals surface area (Å²) in [5.41, 5.74) is 1.26. The van der Waals surface area contributed by atoms with Gasteiger partial charge in [-0.3, -0.25) is 9.80 Å². The predicted molar refractivity (Wildman–Crippen MR) is 77.7 cm³/mol. The number of nitriles is 2. The van der Waals surface area contributed by atoms with E-state index in [1.165, 1.54) is 18.2 Å². The van der Waals surface area contributed by atoms with E-state index in [4.69, 9.17) is 10.5 Å². The van der Waals surface area contributed by atoms with E-state index < -0.39 is 0 Å². The molecule has 0 aliphatic carbocycles. The Balaban J connectivity index is 1.97. The Hall–Kier alpha value is -1.95. The molecular formula is C16H19FN4. The largest absolute Gasteiger partial charge is 0.296 e. The maximum Gasteiger partial charge on any atom is 0.123 e. The third-order valence-corrected chi connectivity index (χ3v) is 3.97. The fraction of sp³-hybridized carbons (Fsp3) is 0.500. The van der Waals surface area contributed by atoms with Crippen LogP contribution in [0.3, 0.4) is 0 Å². The average Bonchev–Trinajstić information content (AvgIpc) is 2.50. The molecule has 1 unspecified atom stereocenters. The summed E-state index contributed by atoms with van der Waals surface area (Å²) in [5, 5.41) is 18.2. The van der Waals surface area contributed by atoms with E-state index in [2.05, 4.69) is 21.9 Å². The van der Waals surface area contributed by atoms with E-state index in [9.17, 15) is 4.39 Å². The highest BCUT2D eigenvalue weighted by molar-refractivity contribution is 5.37. The van der Waals surface area contributed by atoms with Crippen LogP contribution in [0.1, 0.15) is 24.5 Å². The molecule has 1 heterocycles. The SMILES string of the molecule is CCC(C#N)N1CCN(Cc2cc(F)ccc2C#N)CC1. The first-order valence-electron chi connectivity index (χ1n) is 7.22. The van der Waals surface area contributed by atoms with Gasteiger partial charge in [-0.2, -0.15) is 10.5 Å². The molecule has 2 rings (SSSR count). The van der Waals surface area contributed by atoms with E-state index in [1.54, 1.807) is 0 Å². The van der Waals surface area contributed by atoms with Crippen molar-refractivity contribution in [2.75, 3.05) is 26.2 Å². The fourth-order valence-corrected chi connectivity index (χ4v) is 2.71. The standard InChI is InChI=1S/C16H19FN4/c1-2-16(11-19)21-7-5-20(6-8-21)12-14-9-15(17)4-3-13(14)10-18/h3-4,9,16H,2,5-8,12H2,1H3. The summed E-state index contributed by atoms with van der Waals surface area (Å²) < 4.78 is 13.3. The van der Waals surface area contributed by atoms with Gasteiger partial charge in [0.1, 0.15) is 5.82 Å². The third-order valence-electron chi connectivity index (χ3n) is 3.97. The van der Waals surface area contributed by atoms with Crippen molar-refractivity contribution in [3.05, 3.63) is 35.1 Å². The second-order valence-corrected chi connectivity index (χ2v) is 5.28. The van der Waals surface area contributed by atoms with Gasteiger partial charge in [-0.15, -0.1) is 0 Å². The van der Waals surface area contributed by atoms with Gasteiger partial charge < -0.3 is 0 Å². The summed E-state index contributed by atoms with van der Waals surface area (Å²) in [6.45, 7) is 5.94. The van der Waals surface area contributed by atoms with Crippen molar-refractivity contribution < 1.29 is 4.39 Å². The average molecular weight is 286 g/mol. The normalized spacial score (nSPS) is 17.9. The maximum atomic E-state index is 13.3. The monoisotopic (exact) mass is 286 g/mol. The van der Waals surface area contributed by atoms with Crippen LogP contribution in [-0.2, 0) is 6.54 Å². The molecule has 1 aliphatic heterocycles. The molecule has 0 amide bonds. The first kappa shape index (κ1) is 15.4. The molecule has 1 aromatic carbocycles. The maximum absolute atomic E-state index is 13.3. The lowest BCUT2D eigenvalue weighted by atomic mass is 10.1. The molecule has 0 spiro atoms. The van der Waals surface area contributed by atoms with Crippen LogP contribution in [0.5, 0.6) is 0 Å². The predicted octanol–water partition coefficient (Wildman–Crippen LogP) is 2.12. The van der Waals surface area contributed by atoms with E-state index in [0.717, 1.165) is 38.2 Å². The Morgan fingerprint density at radius 3 is 2.52 bits per heavy atom. The van der Waals surface area contributed by atoms with Gasteiger partial charge in [-0.1, -0.05) is 6.92 Å². The molecule has 21 heavy (non-hydrogen) atoms. The van der Waals surface area contributed by atoms with Crippen LogP contribution in [-0.4, -0.2) is 42.0 Å². The molecule has 1 atom stereocenters. The number of nitrogens with zero attached hydrogens (tertiary/aromatic N) is 4. The molecule has 0 bridgehead atoms. The smallest absolute Gasteiger partial charge is 0.123 e. The van der Waals surface area contributed by atoms with Gasteiger partial charge in [0, 0.05) is 32.7 Å². The van der Waals surface area contributed by atoms with Crippen molar-refractivity contribution in [3.63, 3.8) is 0 Å². The van der Waals surface area contributed by atoms with Crippen molar-refractivity contribution in [2.24, 2.45) is 0 Å². The van der Waals surface area contributed by atoms with Gasteiger partial charge in [0.2, 0.25) is 0 Å². The van der Waals surface area contributed by atoms with Gasteiger partial charge >= 0.3 is 0 Å². The van der Waals surface area contributed by atoms with Gasteiger partial charge in [-0.05, 0) is 30.2 Å². The molecule has 0 aromatic heterocycles. The van der Waals surface area contributed by atoms with Crippen LogP contribution in [0, 0.1) is 28.5 Å².